The summed E-state index contributed by atoms with van der Waals surface area (Å²) in [5.74, 6) is 0.373. The van der Waals surface area contributed by atoms with E-state index < -0.39 is 15.9 Å². The van der Waals surface area contributed by atoms with E-state index in [-0.39, 0.29) is 10.5 Å². The van der Waals surface area contributed by atoms with E-state index in [2.05, 4.69) is 5.32 Å². The maximum Gasteiger partial charge on any atom is 0.259 e. The zero-order valence-electron chi connectivity index (χ0n) is 16.7. The number of nitrogens with zero attached hydrogens (tertiary/aromatic N) is 1. The minimum Gasteiger partial charge on any atom is -0.496 e. The van der Waals surface area contributed by atoms with Crippen LogP contribution in [0.4, 0.5) is 5.69 Å². The van der Waals surface area contributed by atoms with Crippen LogP contribution >= 0.6 is 0 Å². The Labute approximate surface area is 171 Å². The van der Waals surface area contributed by atoms with Crippen LogP contribution < -0.4 is 14.8 Å². The van der Waals surface area contributed by atoms with E-state index in [9.17, 15) is 13.2 Å². The molecule has 1 saturated heterocycles. The molecule has 1 aliphatic heterocycles. The van der Waals surface area contributed by atoms with Crippen molar-refractivity contribution >= 4 is 21.6 Å². The highest BCUT2D eigenvalue weighted by molar-refractivity contribution is 7.89. The summed E-state index contributed by atoms with van der Waals surface area (Å²) in [6.45, 7) is 3.31. The third kappa shape index (κ3) is 4.71. The Bertz CT molecular complexity index is 969. The first kappa shape index (κ1) is 21.1. The molecule has 0 atom stereocenters. The summed E-state index contributed by atoms with van der Waals surface area (Å²) in [7, 11) is -2.22. The third-order valence-corrected chi connectivity index (χ3v) is 6.70. The molecule has 0 unspecified atom stereocenters. The molecule has 1 fully saturated rings. The molecule has 1 N–H and O–H groups in total. The summed E-state index contributed by atoms with van der Waals surface area (Å²) in [5, 5.41) is 2.79. The van der Waals surface area contributed by atoms with Crippen molar-refractivity contribution in [2.24, 2.45) is 0 Å². The molecule has 0 aliphatic carbocycles. The second kappa shape index (κ2) is 9.28. The van der Waals surface area contributed by atoms with Crippen LogP contribution in [0.5, 0.6) is 11.5 Å². The molecule has 2 aromatic rings. The van der Waals surface area contributed by atoms with Gasteiger partial charge in [0.05, 0.1) is 29.9 Å². The number of rotatable bonds is 7. The van der Waals surface area contributed by atoms with Crippen LogP contribution in [-0.4, -0.2) is 45.4 Å². The van der Waals surface area contributed by atoms with Gasteiger partial charge in [-0.1, -0.05) is 18.6 Å². The van der Waals surface area contributed by atoms with Crippen LogP contribution in [0.1, 0.15) is 36.5 Å². The Morgan fingerprint density at radius 2 is 1.79 bits per heavy atom. The lowest BCUT2D eigenvalue weighted by atomic mass is 10.1. The Hall–Kier alpha value is -2.58. The molecule has 0 aromatic heterocycles. The van der Waals surface area contributed by atoms with Gasteiger partial charge < -0.3 is 14.8 Å². The molecule has 0 radical (unpaired) electrons. The fourth-order valence-electron chi connectivity index (χ4n) is 3.32. The molecular weight excluding hydrogens is 392 g/mol. The third-order valence-electron chi connectivity index (χ3n) is 4.80. The van der Waals surface area contributed by atoms with Crippen LogP contribution in [0.25, 0.3) is 0 Å². The van der Waals surface area contributed by atoms with Gasteiger partial charge in [-0.15, -0.1) is 0 Å². The number of methoxy groups -OCH3 is 1. The van der Waals surface area contributed by atoms with E-state index in [1.807, 2.05) is 13.0 Å². The number of carbonyl (C=O) groups excluding carboxylic acids is 1. The first-order valence-electron chi connectivity index (χ1n) is 9.68. The number of carbonyl (C=O) groups is 1. The van der Waals surface area contributed by atoms with Gasteiger partial charge in [0.2, 0.25) is 10.0 Å². The molecular formula is C21H26N2O5S. The quantitative estimate of drug-likeness (QED) is 0.744. The molecule has 1 amide bonds. The number of para-hydroxylation sites is 2. The smallest absolute Gasteiger partial charge is 0.259 e. The van der Waals surface area contributed by atoms with Gasteiger partial charge in [-0.25, -0.2) is 8.42 Å². The predicted octanol–water partition coefficient (Wildman–Crippen LogP) is 3.52. The Balaban J connectivity index is 1.92. The van der Waals surface area contributed by atoms with Crippen molar-refractivity contribution in [3.8, 4) is 11.5 Å². The van der Waals surface area contributed by atoms with Crippen LogP contribution in [0, 0.1) is 0 Å². The van der Waals surface area contributed by atoms with E-state index in [0.717, 1.165) is 19.3 Å². The van der Waals surface area contributed by atoms with Crippen molar-refractivity contribution in [2.45, 2.75) is 31.1 Å². The van der Waals surface area contributed by atoms with Crippen molar-refractivity contribution in [2.75, 3.05) is 32.1 Å². The van der Waals surface area contributed by atoms with Crippen LogP contribution in [-0.2, 0) is 10.0 Å². The summed E-state index contributed by atoms with van der Waals surface area (Å²) in [6, 6.07) is 11.5. The Morgan fingerprint density at radius 1 is 1.07 bits per heavy atom. The molecule has 8 heteroatoms. The first-order chi connectivity index (χ1) is 14.0. The van der Waals surface area contributed by atoms with Crippen molar-refractivity contribution in [1.82, 2.24) is 4.31 Å². The van der Waals surface area contributed by atoms with Gasteiger partial charge in [-0.05, 0) is 50.1 Å². The summed E-state index contributed by atoms with van der Waals surface area (Å²) < 4.78 is 38.3. The highest BCUT2D eigenvalue weighted by atomic mass is 32.2. The average molecular weight is 419 g/mol. The summed E-state index contributed by atoms with van der Waals surface area (Å²) in [5.41, 5.74) is 0.655. The van der Waals surface area contributed by atoms with Gasteiger partial charge in [0.15, 0.2) is 0 Å². The van der Waals surface area contributed by atoms with E-state index >= 15 is 0 Å². The second-order valence-electron chi connectivity index (χ2n) is 6.71. The molecule has 2 aromatic carbocycles. The van der Waals surface area contributed by atoms with E-state index in [0.29, 0.717) is 36.9 Å². The monoisotopic (exact) mass is 418 g/mol. The molecule has 0 spiro atoms. The maximum absolute atomic E-state index is 13.0. The molecule has 0 bridgehead atoms. The molecule has 1 aliphatic rings. The number of ether oxygens (including phenoxy) is 2. The lowest BCUT2D eigenvalue weighted by molar-refractivity contribution is 0.102. The number of nitrogens with one attached hydrogen (secondary N) is 1. The second-order valence-corrected chi connectivity index (χ2v) is 8.65. The van der Waals surface area contributed by atoms with Crippen LogP contribution in [0.3, 0.4) is 0 Å². The van der Waals surface area contributed by atoms with Gasteiger partial charge in [-0.2, -0.15) is 4.31 Å². The molecule has 156 valence electrons. The number of sulfonamides is 1. The SMILES string of the molecule is CCOc1ccccc1NC(=O)c1cc(S(=O)(=O)N2CCCCC2)ccc1OC. The number of hydrogen-bond acceptors (Lipinski definition) is 5. The number of hydrogen-bond donors (Lipinski definition) is 1. The fraction of sp³-hybridized carbons (Fsp3) is 0.381. The predicted molar refractivity (Wildman–Crippen MR) is 111 cm³/mol. The van der Waals surface area contributed by atoms with Crippen molar-refractivity contribution in [3.63, 3.8) is 0 Å². The minimum atomic E-state index is -3.66. The summed E-state index contributed by atoms with van der Waals surface area (Å²) in [6.07, 6.45) is 2.72. The van der Waals surface area contributed by atoms with Gasteiger partial charge in [-0.3, -0.25) is 4.79 Å². The van der Waals surface area contributed by atoms with Crippen molar-refractivity contribution < 1.29 is 22.7 Å². The minimum absolute atomic E-state index is 0.0865. The summed E-state index contributed by atoms with van der Waals surface area (Å²) in [4.78, 5) is 13.0. The van der Waals surface area contributed by atoms with Gasteiger partial charge in [0, 0.05) is 13.1 Å². The Morgan fingerprint density at radius 3 is 2.48 bits per heavy atom. The largest absolute Gasteiger partial charge is 0.496 e. The molecule has 0 saturated carbocycles. The van der Waals surface area contributed by atoms with Crippen LogP contribution in [0.2, 0.25) is 0 Å². The Kier molecular flexibility index (Phi) is 6.76. The number of amides is 1. The van der Waals surface area contributed by atoms with Crippen molar-refractivity contribution in [1.29, 1.82) is 0 Å². The number of benzene rings is 2. The van der Waals surface area contributed by atoms with Gasteiger partial charge in [0.1, 0.15) is 11.5 Å². The standard InChI is InChI=1S/C21H26N2O5S/c1-3-28-20-10-6-5-9-18(20)22-21(24)17-15-16(11-12-19(17)27-2)29(25,26)23-13-7-4-8-14-23/h5-6,9-12,15H,3-4,7-8,13-14H2,1-2H3,(H,22,24). The fourth-order valence-corrected chi connectivity index (χ4v) is 4.86. The topological polar surface area (TPSA) is 84.9 Å². The van der Waals surface area contributed by atoms with Gasteiger partial charge >= 0.3 is 0 Å². The lowest BCUT2D eigenvalue weighted by Gasteiger charge is -2.26. The lowest BCUT2D eigenvalue weighted by Crippen LogP contribution is -2.35. The highest BCUT2D eigenvalue weighted by Crippen LogP contribution is 2.29. The molecule has 1 heterocycles. The highest BCUT2D eigenvalue weighted by Gasteiger charge is 2.27. The van der Waals surface area contributed by atoms with E-state index in [1.54, 1.807) is 18.2 Å². The number of piperidine rings is 1. The van der Waals surface area contributed by atoms with Crippen molar-refractivity contribution in [3.05, 3.63) is 48.0 Å². The molecule has 29 heavy (non-hydrogen) atoms. The normalized spacial score (nSPS) is 15.0. The van der Waals surface area contributed by atoms with E-state index in [4.69, 9.17) is 9.47 Å². The first-order valence-corrected chi connectivity index (χ1v) is 11.1. The van der Waals surface area contributed by atoms with Gasteiger partial charge in [0.25, 0.3) is 5.91 Å². The summed E-state index contributed by atoms with van der Waals surface area (Å²) >= 11 is 0. The average Bonchev–Trinajstić information content (AvgIpc) is 2.75. The molecule has 7 nitrogen and oxygen atoms in total. The maximum atomic E-state index is 13.0. The molecule has 3 rings (SSSR count). The van der Waals surface area contributed by atoms with E-state index in [1.165, 1.54) is 29.6 Å². The zero-order valence-corrected chi connectivity index (χ0v) is 17.5. The zero-order chi connectivity index (χ0) is 20.9. The van der Waals surface area contributed by atoms with Crippen LogP contribution in [0.15, 0.2) is 47.4 Å². The number of anilines is 1.